The summed E-state index contributed by atoms with van der Waals surface area (Å²) in [5.74, 6) is -0.325. The Morgan fingerprint density at radius 2 is 2.00 bits per heavy atom. The Morgan fingerprint density at radius 1 is 1.35 bits per heavy atom. The highest BCUT2D eigenvalue weighted by Gasteiger charge is 2.33. The molecule has 2 heterocycles. The van der Waals surface area contributed by atoms with E-state index in [1.165, 1.54) is 6.08 Å². The Morgan fingerprint density at radius 3 is 2.47 bits per heavy atom. The number of rotatable bonds is 2. The van der Waals surface area contributed by atoms with Gasteiger partial charge in [0.05, 0.1) is 11.5 Å². The second-order valence-electron chi connectivity index (χ2n) is 4.73. The average Bonchev–Trinajstić information content (AvgIpc) is 2.59. The van der Waals surface area contributed by atoms with E-state index in [1.807, 2.05) is 0 Å². The van der Waals surface area contributed by atoms with Gasteiger partial charge >= 0.3 is 5.97 Å². The van der Waals surface area contributed by atoms with Gasteiger partial charge in [-0.1, -0.05) is 5.57 Å². The maximum Gasteiger partial charge on any atom is 0.328 e. The van der Waals surface area contributed by atoms with Crippen LogP contribution in [-0.2, 0) is 14.6 Å². The van der Waals surface area contributed by atoms with Gasteiger partial charge in [0, 0.05) is 25.2 Å². The van der Waals surface area contributed by atoms with E-state index in [9.17, 15) is 13.2 Å². The molecule has 2 aliphatic heterocycles. The summed E-state index contributed by atoms with van der Waals surface area (Å²) in [7, 11) is -2.83. The van der Waals surface area contributed by atoms with Crippen molar-refractivity contribution in [3.8, 4) is 0 Å². The van der Waals surface area contributed by atoms with Crippen molar-refractivity contribution in [2.45, 2.75) is 25.3 Å². The molecule has 2 aliphatic rings. The van der Waals surface area contributed by atoms with Crippen LogP contribution < -0.4 is 0 Å². The fraction of sp³-hybridized carbons (Fsp3) is 0.727. The molecular formula is C11H17NO4S. The van der Waals surface area contributed by atoms with E-state index < -0.39 is 15.8 Å². The number of likely N-dealkylation sites (tertiary alicyclic amines) is 1. The lowest BCUT2D eigenvalue weighted by Gasteiger charge is -2.32. The molecule has 2 fully saturated rings. The van der Waals surface area contributed by atoms with Crippen LogP contribution >= 0.6 is 0 Å². The molecule has 0 radical (unpaired) electrons. The first-order chi connectivity index (χ1) is 7.96. The summed E-state index contributed by atoms with van der Waals surface area (Å²) in [4.78, 5) is 12.7. The molecule has 1 unspecified atom stereocenters. The highest BCUT2D eigenvalue weighted by Crippen LogP contribution is 2.23. The third-order valence-corrected chi connectivity index (χ3v) is 5.24. The van der Waals surface area contributed by atoms with Crippen molar-refractivity contribution in [2.24, 2.45) is 0 Å². The molecule has 0 aromatic carbocycles. The largest absolute Gasteiger partial charge is 0.478 e. The molecule has 6 heteroatoms. The van der Waals surface area contributed by atoms with Gasteiger partial charge in [-0.15, -0.1) is 0 Å². The fourth-order valence-corrected chi connectivity index (χ4v) is 4.32. The Kier molecular flexibility index (Phi) is 3.53. The van der Waals surface area contributed by atoms with Crippen molar-refractivity contribution in [1.82, 2.24) is 4.90 Å². The van der Waals surface area contributed by atoms with Gasteiger partial charge in [0.25, 0.3) is 0 Å². The van der Waals surface area contributed by atoms with Crippen LogP contribution in [0.2, 0.25) is 0 Å². The lowest BCUT2D eigenvalue weighted by Crippen LogP contribution is -2.40. The normalized spacial score (nSPS) is 29.2. The van der Waals surface area contributed by atoms with E-state index in [1.54, 1.807) is 0 Å². The number of carboxylic acid groups (broad SMARTS) is 1. The maximum absolute atomic E-state index is 11.4. The number of carboxylic acids is 1. The van der Waals surface area contributed by atoms with Crippen LogP contribution in [-0.4, -0.2) is 55.0 Å². The first kappa shape index (κ1) is 12.6. The molecule has 0 spiro atoms. The molecule has 5 nitrogen and oxygen atoms in total. The van der Waals surface area contributed by atoms with Gasteiger partial charge < -0.3 is 5.11 Å². The Balaban J connectivity index is 1.90. The summed E-state index contributed by atoms with van der Waals surface area (Å²) in [6.07, 6.45) is 3.48. The number of hydrogen-bond acceptors (Lipinski definition) is 4. The average molecular weight is 259 g/mol. The predicted octanol–water partition coefficient (Wildman–Crippen LogP) is 0.280. The monoisotopic (exact) mass is 259 g/mol. The van der Waals surface area contributed by atoms with E-state index >= 15 is 0 Å². The molecule has 1 N–H and O–H groups in total. The van der Waals surface area contributed by atoms with Gasteiger partial charge in [-0.2, -0.15) is 0 Å². The lowest BCUT2D eigenvalue weighted by molar-refractivity contribution is -0.131. The van der Waals surface area contributed by atoms with Crippen molar-refractivity contribution < 1.29 is 18.3 Å². The van der Waals surface area contributed by atoms with Crippen LogP contribution in [0.15, 0.2) is 11.6 Å². The molecule has 17 heavy (non-hydrogen) atoms. The number of sulfone groups is 1. The van der Waals surface area contributed by atoms with Gasteiger partial charge in [-0.25, -0.2) is 13.2 Å². The van der Waals surface area contributed by atoms with E-state index in [4.69, 9.17) is 5.11 Å². The van der Waals surface area contributed by atoms with Crippen LogP contribution in [0.5, 0.6) is 0 Å². The minimum atomic E-state index is -2.83. The first-order valence-electron chi connectivity index (χ1n) is 5.83. The van der Waals surface area contributed by atoms with E-state index in [0.29, 0.717) is 5.75 Å². The van der Waals surface area contributed by atoms with Gasteiger partial charge in [0.2, 0.25) is 0 Å². The smallest absolute Gasteiger partial charge is 0.328 e. The maximum atomic E-state index is 11.4. The SMILES string of the molecule is O=C(O)C=C1CCN(C2CCS(=O)(=O)C2)CC1. The topological polar surface area (TPSA) is 74.7 Å². The van der Waals surface area contributed by atoms with Gasteiger partial charge in [0.15, 0.2) is 9.84 Å². The quantitative estimate of drug-likeness (QED) is 0.721. The highest BCUT2D eigenvalue weighted by molar-refractivity contribution is 7.91. The zero-order chi connectivity index (χ0) is 12.5. The summed E-state index contributed by atoms with van der Waals surface area (Å²) in [5.41, 5.74) is 0.953. The van der Waals surface area contributed by atoms with Crippen molar-refractivity contribution in [3.05, 3.63) is 11.6 Å². The highest BCUT2D eigenvalue weighted by atomic mass is 32.2. The first-order valence-corrected chi connectivity index (χ1v) is 7.65. The summed E-state index contributed by atoms with van der Waals surface area (Å²) >= 11 is 0. The Bertz CT molecular complexity index is 430. The molecular weight excluding hydrogens is 242 g/mol. The second-order valence-corrected chi connectivity index (χ2v) is 6.96. The van der Waals surface area contributed by atoms with E-state index in [0.717, 1.165) is 37.9 Å². The molecule has 0 saturated carbocycles. The minimum Gasteiger partial charge on any atom is -0.478 e. The minimum absolute atomic E-state index is 0.145. The summed E-state index contributed by atoms with van der Waals surface area (Å²) in [5, 5.41) is 8.64. The molecule has 0 aromatic heterocycles. The number of carbonyl (C=O) groups is 1. The van der Waals surface area contributed by atoms with Crippen LogP contribution in [0.3, 0.4) is 0 Å². The summed E-state index contributed by atoms with van der Waals surface area (Å²) in [6, 6.07) is 0.145. The number of aliphatic carboxylic acids is 1. The number of piperidine rings is 1. The fourth-order valence-electron chi connectivity index (χ4n) is 2.56. The molecule has 96 valence electrons. The van der Waals surface area contributed by atoms with Gasteiger partial charge in [-0.05, 0) is 19.3 Å². The van der Waals surface area contributed by atoms with E-state index in [2.05, 4.69) is 4.90 Å². The zero-order valence-electron chi connectivity index (χ0n) is 9.63. The molecule has 1 atom stereocenters. The van der Waals surface area contributed by atoms with Crippen molar-refractivity contribution in [1.29, 1.82) is 0 Å². The Hall–Kier alpha value is -0.880. The second kappa shape index (κ2) is 4.78. The third kappa shape index (κ3) is 3.29. The summed E-state index contributed by atoms with van der Waals surface area (Å²) in [6.45, 7) is 1.55. The molecule has 0 bridgehead atoms. The number of hydrogen-bond donors (Lipinski definition) is 1. The summed E-state index contributed by atoms with van der Waals surface area (Å²) < 4.78 is 22.8. The molecule has 0 aliphatic carbocycles. The van der Waals surface area contributed by atoms with E-state index in [-0.39, 0.29) is 11.8 Å². The standard InChI is InChI=1S/C11H17NO4S/c13-11(14)7-9-1-4-12(5-2-9)10-3-6-17(15,16)8-10/h7,10H,1-6,8H2,(H,13,14). The molecule has 2 saturated heterocycles. The molecule has 2 rings (SSSR count). The number of nitrogens with zero attached hydrogens (tertiary/aromatic N) is 1. The van der Waals surface area contributed by atoms with Crippen LogP contribution in [0.25, 0.3) is 0 Å². The van der Waals surface area contributed by atoms with Gasteiger partial charge in [0.1, 0.15) is 0 Å². The van der Waals surface area contributed by atoms with Crippen molar-refractivity contribution >= 4 is 15.8 Å². The Labute approximate surface area is 101 Å². The lowest BCUT2D eigenvalue weighted by atomic mass is 10.0. The molecule has 0 aromatic rings. The van der Waals surface area contributed by atoms with Gasteiger partial charge in [-0.3, -0.25) is 4.90 Å². The third-order valence-electron chi connectivity index (χ3n) is 3.49. The van der Waals surface area contributed by atoms with Crippen molar-refractivity contribution in [2.75, 3.05) is 24.6 Å². The predicted molar refractivity (Wildman–Crippen MR) is 63.6 cm³/mol. The van der Waals surface area contributed by atoms with Crippen LogP contribution in [0.4, 0.5) is 0 Å². The zero-order valence-corrected chi connectivity index (χ0v) is 10.4. The molecule has 0 amide bonds. The van der Waals surface area contributed by atoms with Crippen LogP contribution in [0.1, 0.15) is 19.3 Å². The van der Waals surface area contributed by atoms with Crippen molar-refractivity contribution in [3.63, 3.8) is 0 Å². The van der Waals surface area contributed by atoms with Crippen LogP contribution in [0, 0.1) is 0 Å².